The topological polar surface area (TPSA) is 103 Å². The summed E-state index contributed by atoms with van der Waals surface area (Å²) in [5.74, 6) is 1.23. The van der Waals surface area contributed by atoms with E-state index in [0.29, 0.717) is 29.7 Å². The van der Waals surface area contributed by atoms with Gasteiger partial charge in [-0.25, -0.2) is 4.98 Å². The predicted molar refractivity (Wildman–Crippen MR) is 109 cm³/mol. The van der Waals surface area contributed by atoms with E-state index in [4.69, 9.17) is 19.5 Å². The average molecular weight is 407 g/mol. The fourth-order valence-electron chi connectivity index (χ4n) is 2.85. The van der Waals surface area contributed by atoms with Crippen molar-refractivity contribution in [3.05, 3.63) is 64.7 Å². The largest absolute Gasteiger partial charge is 0.497 e. The van der Waals surface area contributed by atoms with Crippen molar-refractivity contribution in [2.24, 2.45) is 0 Å². The lowest BCUT2D eigenvalue weighted by Gasteiger charge is -2.11. The van der Waals surface area contributed by atoms with Crippen molar-refractivity contribution >= 4 is 16.9 Å². The fourth-order valence-corrected chi connectivity index (χ4v) is 2.85. The van der Waals surface area contributed by atoms with Gasteiger partial charge in [0.05, 0.1) is 30.7 Å². The Morgan fingerprint density at radius 3 is 2.60 bits per heavy atom. The number of fused-ring (bicyclic) bond motifs is 1. The normalized spacial score (nSPS) is 10.4. The first kappa shape index (κ1) is 20.9. The van der Waals surface area contributed by atoms with Crippen LogP contribution in [0.2, 0.25) is 0 Å². The summed E-state index contributed by atoms with van der Waals surface area (Å²) in [6.07, 6.45) is 0.632. The highest BCUT2D eigenvalue weighted by Gasteiger charge is 2.13. The highest BCUT2D eigenvalue weighted by atomic mass is 16.5. The minimum absolute atomic E-state index is 0.159. The molecule has 8 heteroatoms. The maximum atomic E-state index is 12.6. The summed E-state index contributed by atoms with van der Waals surface area (Å²) in [5, 5.41) is 9.43. The molecule has 0 aliphatic rings. The number of esters is 1. The Hall–Kier alpha value is -3.86. The number of methoxy groups -OCH3 is 1. The van der Waals surface area contributed by atoms with Crippen LogP contribution in [-0.4, -0.2) is 29.2 Å². The van der Waals surface area contributed by atoms with Crippen LogP contribution in [0, 0.1) is 11.3 Å². The maximum Gasteiger partial charge on any atom is 0.306 e. The highest BCUT2D eigenvalue weighted by molar-refractivity contribution is 5.77. The summed E-state index contributed by atoms with van der Waals surface area (Å²) in [7, 11) is 1.59. The smallest absolute Gasteiger partial charge is 0.306 e. The van der Waals surface area contributed by atoms with Crippen molar-refractivity contribution in [2.45, 2.75) is 26.0 Å². The quantitative estimate of drug-likeness (QED) is 0.397. The summed E-state index contributed by atoms with van der Waals surface area (Å²) in [6, 6.07) is 16.0. The zero-order valence-electron chi connectivity index (χ0n) is 16.5. The molecule has 0 atom stereocenters. The van der Waals surface area contributed by atoms with Crippen molar-refractivity contribution in [1.82, 2.24) is 9.55 Å². The maximum absolute atomic E-state index is 12.6. The summed E-state index contributed by atoms with van der Waals surface area (Å²) in [6.45, 7) is 0.00791. The Kier molecular flexibility index (Phi) is 7.00. The Labute approximate surface area is 173 Å². The van der Waals surface area contributed by atoms with Gasteiger partial charge >= 0.3 is 5.97 Å². The van der Waals surface area contributed by atoms with Crippen molar-refractivity contribution in [2.75, 3.05) is 13.7 Å². The molecule has 0 fully saturated rings. The van der Waals surface area contributed by atoms with Crippen LogP contribution in [-0.2, 0) is 22.7 Å². The standard InChI is InChI=1S/C22H21N3O5/c1-28-16-8-10-17(11-9-16)29-14-4-7-21(26)30-15-20-24-19-6-3-2-5-18(19)22(27)25(20)13-12-23/h2-3,5-6,8-11H,4,7,13-15H2,1H3. The summed E-state index contributed by atoms with van der Waals surface area (Å²) in [5.41, 5.74) is 0.164. The van der Waals surface area contributed by atoms with Crippen molar-refractivity contribution in [1.29, 1.82) is 5.26 Å². The number of rotatable bonds is 9. The summed E-state index contributed by atoms with van der Waals surface area (Å²) in [4.78, 5) is 29.0. The molecular formula is C22H21N3O5. The van der Waals surface area contributed by atoms with Crippen LogP contribution < -0.4 is 15.0 Å². The molecule has 0 saturated carbocycles. The number of hydrogen-bond donors (Lipinski definition) is 0. The molecule has 3 aromatic rings. The summed E-state index contributed by atoms with van der Waals surface area (Å²) >= 11 is 0. The molecule has 0 radical (unpaired) electrons. The van der Waals surface area contributed by atoms with Gasteiger partial charge in [-0.2, -0.15) is 5.26 Å². The lowest BCUT2D eigenvalue weighted by Crippen LogP contribution is -2.26. The van der Waals surface area contributed by atoms with Gasteiger partial charge in [0.1, 0.15) is 24.7 Å². The minimum Gasteiger partial charge on any atom is -0.497 e. The first-order chi connectivity index (χ1) is 14.6. The van der Waals surface area contributed by atoms with E-state index in [0.717, 1.165) is 5.75 Å². The van der Waals surface area contributed by atoms with E-state index in [9.17, 15) is 9.59 Å². The number of nitrogens with zero attached hydrogens (tertiary/aromatic N) is 3. The molecule has 0 spiro atoms. The zero-order chi connectivity index (χ0) is 21.3. The molecule has 30 heavy (non-hydrogen) atoms. The molecule has 0 unspecified atom stereocenters. The van der Waals surface area contributed by atoms with E-state index in [-0.39, 0.29) is 31.0 Å². The molecule has 0 bridgehead atoms. The van der Waals surface area contributed by atoms with E-state index in [1.54, 1.807) is 55.6 Å². The Bertz CT molecular complexity index is 1120. The molecular weight excluding hydrogens is 386 g/mol. The number of carbonyl (C=O) groups is 1. The van der Waals surface area contributed by atoms with Crippen LogP contribution >= 0.6 is 0 Å². The SMILES string of the molecule is COc1ccc(OCCCC(=O)OCc2nc3ccccc3c(=O)n2CC#N)cc1. The van der Waals surface area contributed by atoms with Gasteiger partial charge in [-0.15, -0.1) is 0 Å². The second-order valence-corrected chi connectivity index (χ2v) is 6.38. The molecule has 154 valence electrons. The number of nitriles is 1. The minimum atomic E-state index is -0.431. The van der Waals surface area contributed by atoms with E-state index in [2.05, 4.69) is 4.98 Å². The lowest BCUT2D eigenvalue weighted by molar-refractivity contribution is -0.145. The van der Waals surface area contributed by atoms with Gasteiger partial charge in [0, 0.05) is 6.42 Å². The fraction of sp³-hybridized carbons (Fsp3) is 0.273. The van der Waals surface area contributed by atoms with Crippen molar-refractivity contribution in [3.63, 3.8) is 0 Å². The van der Waals surface area contributed by atoms with Crippen LogP contribution in [0.3, 0.4) is 0 Å². The third-order valence-electron chi connectivity index (χ3n) is 4.39. The van der Waals surface area contributed by atoms with Gasteiger partial charge in [-0.05, 0) is 42.8 Å². The van der Waals surface area contributed by atoms with Gasteiger partial charge in [-0.1, -0.05) is 12.1 Å². The number of aromatic nitrogens is 2. The molecule has 1 aromatic heterocycles. The number of carbonyl (C=O) groups excluding carboxylic acids is 1. The molecule has 8 nitrogen and oxygen atoms in total. The third-order valence-corrected chi connectivity index (χ3v) is 4.39. The molecule has 0 saturated heterocycles. The van der Waals surface area contributed by atoms with Crippen LogP contribution in [0.5, 0.6) is 11.5 Å². The van der Waals surface area contributed by atoms with Crippen molar-refractivity contribution in [3.8, 4) is 17.6 Å². The van der Waals surface area contributed by atoms with Gasteiger partial charge < -0.3 is 14.2 Å². The van der Waals surface area contributed by atoms with E-state index in [1.165, 1.54) is 4.57 Å². The summed E-state index contributed by atoms with van der Waals surface area (Å²) < 4.78 is 17.1. The highest BCUT2D eigenvalue weighted by Crippen LogP contribution is 2.17. The Morgan fingerprint density at radius 1 is 1.13 bits per heavy atom. The van der Waals surface area contributed by atoms with E-state index < -0.39 is 5.97 Å². The van der Waals surface area contributed by atoms with Gasteiger partial charge in [0.2, 0.25) is 0 Å². The number of para-hydroxylation sites is 1. The average Bonchev–Trinajstić information content (AvgIpc) is 2.78. The second kappa shape index (κ2) is 10.1. The van der Waals surface area contributed by atoms with Gasteiger partial charge in [0.15, 0.2) is 5.82 Å². The number of ether oxygens (including phenoxy) is 3. The molecule has 0 aliphatic carbocycles. The molecule has 0 aliphatic heterocycles. The van der Waals surface area contributed by atoms with Crippen LogP contribution in [0.25, 0.3) is 10.9 Å². The van der Waals surface area contributed by atoms with Gasteiger partial charge in [0.25, 0.3) is 5.56 Å². The Balaban J connectivity index is 1.54. The van der Waals surface area contributed by atoms with Crippen molar-refractivity contribution < 1.29 is 19.0 Å². The van der Waals surface area contributed by atoms with Crippen LogP contribution in [0.15, 0.2) is 53.3 Å². The van der Waals surface area contributed by atoms with Gasteiger partial charge in [-0.3, -0.25) is 14.2 Å². The number of hydrogen-bond acceptors (Lipinski definition) is 7. The lowest BCUT2D eigenvalue weighted by atomic mass is 10.2. The van der Waals surface area contributed by atoms with E-state index in [1.807, 2.05) is 6.07 Å². The number of benzene rings is 2. The molecule has 3 rings (SSSR count). The second-order valence-electron chi connectivity index (χ2n) is 6.38. The third kappa shape index (κ3) is 5.14. The molecule has 0 N–H and O–H groups in total. The Morgan fingerprint density at radius 2 is 1.87 bits per heavy atom. The van der Waals surface area contributed by atoms with Crippen LogP contribution in [0.4, 0.5) is 0 Å². The molecule has 2 aromatic carbocycles. The predicted octanol–water partition coefficient (Wildman–Crippen LogP) is 2.83. The first-order valence-electron chi connectivity index (χ1n) is 9.40. The monoisotopic (exact) mass is 407 g/mol. The zero-order valence-corrected chi connectivity index (χ0v) is 16.5. The molecule has 0 amide bonds. The van der Waals surface area contributed by atoms with Crippen LogP contribution in [0.1, 0.15) is 18.7 Å². The first-order valence-corrected chi connectivity index (χ1v) is 9.40. The van der Waals surface area contributed by atoms with E-state index >= 15 is 0 Å². The molecule has 1 heterocycles.